The number of carbonyl (C=O) groups excluding carboxylic acids is 1. The fourth-order valence-electron chi connectivity index (χ4n) is 5.04. The normalized spacial score (nSPS) is 20.7. The van der Waals surface area contributed by atoms with Crippen LogP contribution in [0.15, 0.2) is 36.8 Å². The van der Waals surface area contributed by atoms with Gasteiger partial charge in [-0.05, 0) is 37.8 Å². The van der Waals surface area contributed by atoms with Crippen molar-refractivity contribution in [3.05, 3.63) is 42.4 Å². The van der Waals surface area contributed by atoms with Gasteiger partial charge in [0.2, 0.25) is 0 Å². The van der Waals surface area contributed by atoms with Gasteiger partial charge in [-0.1, -0.05) is 0 Å². The van der Waals surface area contributed by atoms with E-state index in [4.69, 9.17) is 19.4 Å². The van der Waals surface area contributed by atoms with Crippen molar-refractivity contribution in [1.29, 1.82) is 0 Å². The Morgan fingerprint density at radius 2 is 2.14 bits per heavy atom. The molecule has 2 aliphatic rings. The number of fused-ring (bicyclic) bond motifs is 2. The van der Waals surface area contributed by atoms with Gasteiger partial charge in [0.1, 0.15) is 23.1 Å². The molecule has 0 aromatic carbocycles. The van der Waals surface area contributed by atoms with Crippen molar-refractivity contribution in [3.63, 3.8) is 0 Å². The van der Waals surface area contributed by atoms with Crippen molar-refractivity contribution in [3.8, 4) is 11.3 Å². The third kappa shape index (κ3) is 3.73. The largest absolute Gasteiger partial charge is 0.379 e. The molecule has 2 unspecified atom stereocenters. The first kappa shape index (κ1) is 22.0. The van der Waals surface area contributed by atoms with E-state index in [9.17, 15) is 4.79 Å². The Hall–Kier alpha value is -3.50. The number of anilines is 1. The maximum absolute atomic E-state index is 13.0. The summed E-state index contributed by atoms with van der Waals surface area (Å²) in [6.45, 7) is 1.22. The summed E-state index contributed by atoms with van der Waals surface area (Å²) in [4.78, 5) is 22.6. The Morgan fingerprint density at radius 1 is 1.26 bits per heavy atom. The van der Waals surface area contributed by atoms with Crippen LogP contribution in [0.2, 0.25) is 0 Å². The Bertz CT molecular complexity index is 1390. The minimum Gasteiger partial charge on any atom is -0.379 e. The molecule has 0 radical (unpaired) electrons. The molecule has 2 N–H and O–H groups in total. The minimum atomic E-state index is -0.134. The summed E-state index contributed by atoms with van der Waals surface area (Å²) in [6, 6.07) is 6.29. The predicted molar refractivity (Wildman–Crippen MR) is 132 cm³/mol. The van der Waals surface area contributed by atoms with E-state index < -0.39 is 0 Å². The summed E-state index contributed by atoms with van der Waals surface area (Å²) < 4.78 is 15.2. The second-order valence-corrected chi connectivity index (χ2v) is 9.20. The molecule has 1 aliphatic heterocycles. The van der Waals surface area contributed by atoms with Crippen LogP contribution in [0.3, 0.4) is 0 Å². The molecule has 1 amide bonds. The smallest absolute Gasteiger partial charge is 0.256 e. The molecule has 10 nitrogen and oxygen atoms in total. The molecular weight excluding hydrogens is 446 g/mol. The van der Waals surface area contributed by atoms with Crippen molar-refractivity contribution in [2.45, 2.75) is 43.9 Å². The molecule has 0 spiro atoms. The Balaban J connectivity index is 1.48. The molecule has 182 valence electrons. The third-order valence-electron chi connectivity index (χ3n) is 7.21. The molecule has 1 saturated heterocycles. The Morgan fingerprint density at radius 3 is 2.91 bits per heavy atom. The van der Waals surface area contributed by atoms with Crippen molar-refractivity contribution in [2.24, 2.45) is 0 Å². The van der Waals surface area contributed by atoms with Gasteiger partial charge in [-0.3, -0.25) is 4.79 Å². The van der Waals surface area contributed by atoms with Crippen LogP contribution < -0.4 is 10.6 Å². The van der Waals surface area contributed by atoms with E-state index in [2.05, 4.69) is 32.6 Å². The van der Waals surface area contributed by atoms with Gasteiger partial charge in [-0.2, -0.15) is 9.61 Å². The van der Waals surface area contributed by atoms with Crippen LogP contribution in [-0.4, -0.2) is 69.6 Å². The lowest BCUT2D eigenvalue weighted by atomic mass is 9.93. The van der Waals surface area contributed by atoms with Crippen molar-refractivity contribution < 1.29 is 14.3 Å². The second-order valence-electron chi connectivity index (χ2n) is 9.20. The molecule has 1 saturated carbocycles. The zero-order chi connectivity index (χ0) is 23.9. The number of aromatic nitrogens is 5. The maximum Gasteiger partial charge on any atom is 0.256 e. The van der Waals surface area contributed by atoms with Crippen LogP contribution >= 0.6 is 0 Å². The Labute approximate surface area is 202 Å². The molecule has 5 heterocycles. The van der Waals surface area contributed by atoms with Gasteiger partial charge in [-0.25, -0.2) is 9.97 Å². The van der Waals surface area contributed by atoms with Crippen LogP contribution in [0.5, 0.6) is 0 Å². The average molecular weight is 476 g/mol. The first-order valence-electron chi connectivity index (χ1n) is 12.1. The number of pyridine rings is 1. The first-order valence-corrected chi connectivity index (χ1v) is 12.1. The summed E-state index contributed by atoms with van der Waals surface area (Å²) in [5, 5.41) is 11.7. The molecule has 10 heteroatoms. The maximum atomic E-state index is 13.0. The highest BCUT2D eigenvalue weighted by molar-refractivity contribution is 6.01. The highest BCUT2D eigenvalue weighted by Gasteiger charge is 2.30. The van der Waals surface area contributed by atoms with Gasteiger partial charge in [0.15, 0.2) is 5.65 Å². The topological polar surface area (TPSA) is 108 Å². The minimum absolute atomic E-state index is 0.0610. The zero-order valence-electron chi connectivity index (χ0n) is 19.9. The summed E-state index contributed by atoms with van der Waals surface area (Å²) in [5.41, 5.74) is 3.56. The molecule has 0 bridgehead atoms. The lowest BCUT2D eigenvalue weighted by Crippen LogP contribution is -2.39. The van der Waals surface area contributed by atoms with Gasteiger partial charge in [0, 0.05) is 56.2 Å². The molecular formula is C25H29N7O3. The van der Waals surface area contributed by atoms with Crippen LogP contribution in [0.25, 0.3) is 27.9 Å². The number of hydrogen-bond donors (Lipinski definition) is 2. The number of hydrogen-bond acceptors (Lipinski definition) is 7. The zero-order valence-corrected chi connectivity index (χ0v) is 19.9. The third-order valence-corrected chi connectivity index (χ3v) is 7.21. The molecule has 35 heavy (non-hydrogen) atoms. The van der Waals surface area contributed by atoms with E-state index in [0.29, 0.717) is 24.4 Å². The van der Waals surface area contributed by atoms with E-state index in [-0.39, 0.29) is 24.1 Å². The number of nitrogens with one attached hydrogen (secondary N) is 2. The van der Waals surface area contributed by atoms with Gasteiger partial charge in [0.25, 0.3) is 5.91 Å². The summed E-state index contributed by atoms with van der Waals surface area (Å²) in [5.74, 6) is 0.615. The molecule has 4 aromatic heterocycles. The SMILES string of the molecule is CNc1cc(-c2cn(C3CCOCC3OC)c3ncccc23)nc2c(C(=O)NC3CCC3)cnn12. The van der Waals surface area contributed by atoms with Crippen molar-refractivity contribution >= 4 is 28.4 Å². The van der Waals surface area contributed by atoms with Crippen LogP contribution in [0.4, 0.5) is 5.82 Å². The van der Waals surface area contributed by atoms with Crippen LogP contribution in [-0.2, 0) is 9.47 Å². The number of ether oxygens (including phenoxy) is 2. The molecule has 4 aromatic rings. The summed E-state index contributed by atoms with van der Waals surface area (Å²) >= 11 is 0. The fourth-order valence-corrected chi connectivity index (χ4v) is 5.04. The standard InChI is InChI=1S/C25H29N7O3/c1-26-22-11-19(30-24-17(12-28-32(22)24)25(33)29-15-5-3-6-15)18-13-31(23-16(18)7-4-9-27-23)20-8-10-35-14-21(20)34-2/h4,7,9,11-13,15,20-21,26H,3,5-6,8,10,14H2,1-2H3,(H,29,33). The Kier molecular flexibility index (Phi) is 5.62. The summed E-state index contributed by atoms with van der Waals surface area (Å²) in [6.07, 6.45) is 9.47. The summed E-state index contributed by atoms with van der Waals surface area (Å²) in [7, 11) is 3.56. The van der Waals surface area contributed by atoms with Crippen LogP contribution in [0, 0.1) is 0 Å². The molecule has 2 atom stereocenters. The van der Waals surface area contributed by atoms with Gasteiger partial charge < -0.3 is 24.7 Å². The lowest BCUT2D eigenvalue weighted by Gasteiger charge is -2.31. The van der Waals surface area contributed by atoms with Gasteiger partial charge >= 0.3 is 0 Å². The lowest BCUT2D eigenvalue weighted by molar-refractivity contribution is -0.0592. The van der Waals surface area contributed by atoms with Crippen molar-refractivity contribution in [1.82, 2.24) is 29.5 Å². The number of rotatable bonds is 6. The first-order chi connectivity index (χ1) is 17.2. The van der Waals surface area contributed by atoms with E-state index in [1.165, 1.54) is 0 Å². The van der Waals surface area contributed by atoms with Crippen LogP contribution in [0.1, 0.15) is 42.1 Å². The van der Waals surface area contributed by atoms with E-state index >= 15 is 0 Å². The van der Waals surface area contributed by atoms with Crippen molar-refractivity contribution in [2.75, 3.05) is 32.7 Å². The molecule has 1 aliphatic carbocycles. The average Bonchev–Trinajstić information content (AvgIpc) is 3.47. The second kappa shape index (κ2) is 8.94. The highest BCUT2D eigenvalue weighted by atomic mass is 16.5. The highest BCUT2D eigenvalue weighted by Crippen LogP contribution is 2.35. The molecule has 2 fully saturated rings. The number of methoxy groups -OCH3 is 1. The predicted octanol–water partition coefficient (Wildman–Crippen LogP) is 3.05. The monoisotopic (exact) mass is 475 g/mol. The number of carbonyl (C=O) groups is 1. The van der Waals surface area contributed by atoms with E-state index in [0.717, 1.165) is 53.8 Å². The van der Waals surface area contributed by atoms with Gasteiger partial charge in [-0.15, -0.1) is 0 Å². The fraction of sp³-hybridized carbons (Fsp3) is 0.440. The van der Waals surface area contributed by atoms with E-state index in [1.54, 1.807) is 24.0 Å². The van der Waals surface area contributed by atoms with E-state index in [1.807, 2.05) is 19.2 Å². The number of nitrogens with zero attached hydrogens (tertiary/aromatic N) is 5. The number of amides is 1. The molecule has 6 rings (SSSR count). The quantitative estimate of drug-likeness (QED) is 0.441. The van der Waals surface area contributed by atoms with Gasteiger partial charge in [0.05, 0.1) is 24.5 Å².